The second-order valence-electron chi connectivity index (χ2n) is 8.10. The molecule has 1 saturated carbocycles. The zero-order valence-corrected chi connectivity index (χ0v) is 16.0. The molecule has 2 heterocycles. The lowest BCUT2D eigenvalue weighted by Gasteiger charge is -2.46. The first kappa shape index (κ1) is 18.8. The Labute approximate surface area is 164 Å². The molecule has 2 saturated heterocycles. The van der Waals surface area contributed by atoms with Gasteiger partial charge in [0, 0.05) is 25.4 Å². The van der Waals surface area contributed by atoms with Crippen molar-refractivity contribution in [1.82, 2.24) is 15.1 Å². The van der Waals surface area contributed by atoms with Crippen molar-refractivity contribution in [1.29, 1.82) is 0 Å². The van der Waals surface area contributed by atoms with Crippen LogP contribution >= 0.6 is 0 Å². The minimum atomic E-state index is -0.603. The van der Waals surface area contributed by atoms with Crippen molar-refractivity contribution in [3.05, 3.63) is 29.8 Å². The zero-order valence-electron chi connectivity index (χ0n) is 16.0. The summed E-state index contributed by atoms with van der Waals surface area (Å²) in [5.74, 6) is 0.101. The van der Waals surface area contributed by atoms with Crippen LogP contribution in [0.1, 0.15) is 37.7 Å². The van der Waals surface area contributed by atoms with Crippen LogP contribution in [0.3, 0.4) is 0 Å². The number of hydrogen-bond donors (Lipinski definition) is 2. The number of carbonyl (C=O) groups excluding carboxylic acids is 3. The molecule has 0 aromatic heterocycles. The second kappa shape index (κ2) is 7.81. The number of carbonyl (C=O) groups is 3. The van der Waals surface area contributed by atoms with Crippen LogP contribution in [0.5, 0.6) is 5.75 Å². The van der Waals surface area contributed by atoms with Crippen LogP contribution in [0.25, 0.3) is 0 Å². The Morgan fingerprint density at radius 2 is 1.79 bits per heavy atom. The summed E-state index contributed by atoms with van der Waals surface area (Å²) in [7, 11) is 0. The highest BCUT2D eigenvalue weighted by Crippen LogP contribution is 2.27. The van der Waals surface area contributed by atoms with Gasteiger partial charge in [-0.25, -0.2) is 0 Å². The predicted molar refractivity (Wildman–Crippen MR) is 102 cm³/mol. The molecule has 28 heavy (non-hydrogen) atoms. The SMILES string of the molecule is O=C1NC(Cc2ccc(O)cc2)C(=O)N2CCN(C(=O)C3CCCCC3)CC12. The maximum Gasteiger partial charge on any atom is 0.246 e. The Bertz CT molecular complexity index is 757. The number of fused-ring (bicyclic) bond motifs is 1. The van der Waals surface area contributed by atoms with Crippen molar-refractivity contribution >= 4 is 17.7 Å². The van der Waals surface area contributed by atoms with Gasteiger partial charge in [0.1, 0.15) is 17.8 Å². The molecule has 1 aromatic rings. The standard InChI is InChI=1S/C21H27N3O4/c25-16-8-6-14(7-9-16)12-17-21(28)24-11-10-23(13-18(24)19(26)22-17)20(27)15-4-2-1-3-5-15/h6-9,15,17-18,25H,1-5,10-13H2,(H,22,26). The molecule has 2 aliphatic heterocycles. The van der Waals surface area contributed by atoms with Gasteiger partial charge in [-0.2, -0.15) is 0 Å². The van der Waals surface area contributed by atoms with Gasteiger partial charge in [0.05, 0.1) is 6.54 Å². The molecule has 150 valence electrons. The van der Waals surface area contributed by atoms with E-state index in [1.54, 1.807) is 34.1 Å². The number of rotatable bonds is 3. The van der Waals surface area contributed by atoms with E-state index in [0.717, 1.165) is 31.2 Å². The van der Waals surface area contributed by atoms with Crippen LogP contribution < -0.4 is 5.32 Å². The molecule has 0 spiro atoms. The van der Waals surface area contributed by atoms with E-state index in [1.807, 2.05) is 0 Å². The van der Waals surface area contributed by atoms with Crippen LogP contribution in [0.15, 0.2) is 24.3 Å². The van der Waals surface area contributed by atoms with Crippen molar-refractivity contribution in [3.63, 3.8) is 0 Å². The summed E-state index contributed by atoms with van der Waals surface area (Å²) in [5.41, 5.74) is 0.876. The van der Waals surface area contributed by atoms with Crippen LogP contribution in [0.4, 0.5) is 0 Å². The number of nitrogens with zero attached hydrogens (tertiary/aromatic N) is 2. The number of aromatic hydroxyl groups is 1. The average Bonchev–Trinajstić information content (AvgIpc) is 2.73. The van der Waals surface area contributed by atoms with Gasteiger partial charge in [-0.15, -0.1) is 0 Å². The largest absolute Gasteiger partial charge is 0.508 e. The first-order chi connectivity index (χ1) is 13.5. The van der Waals surface area contributed by atoms with E-state index in [9.17, 15) is 19.5 Å². The van der Waals surface area contributed by atoms with Crippen molar-refractivity contribution in [2.75, 3.05) is 19.6 Å². The maximum atomic E-state index is 12.9. The van der Waals surface area contributed by atoms with E-state index in [-0.39, 0.29) is 29.4 Å². The zero-order chi connectivity index (χ0) is 19.7. The van der Waals surface area contributed by atoms with Gasteiger partial charge in [0.2, 0.25) is 17.7 Å². The van der Waals surface area contributed by atoms with E-state index in [2.05, 4.69) is 5.32 Å². The second-order valence-corrected chi connectivity index (χ2v) is 8.10. The highest BCUT2D eigenvalue weighted by molar-refractivity contribution is 5.98. The molecule has 2 N–H and O–H groups in total. The minimum absolute atomic E-state index is 0.0740. The molecule has 7 heteroatoms. The summed E-state index contributed by atoms with van der Waals surface area (Å²) < 4.78 is 0. The van der Waals surface area contributed by atoms with Crippen molar-refractivity contribution in [2.24, 2.45) is 5.92 Å². The molecule has 4 rings (SSSR count). The third-order valence-electron chi connectivity index (χ3n) is 6.22. The minimum Gasteiger partial charge on any atom is -0.508 e. The lowest BCUT2D eigenvalue weighted by Crippen LogP contribution is -2.70. The first-order valence-corrected chi connectivity index (χ1v) is 10.2. The number of hydrogen-bond acceptors (Lipinski definition) is 4. The van der Waals surface area contributed by atoms with E-state index >= 15 is 0 Å². The third-order valence-corrected chi connectivity index (χ3v) is 6.22. The van der Waals surface area contributed by atoms with Gasteiger partial charge < -0.3 is 20.2 Å². The molecule has 3 amide bonds. The quantitative estimate of drug-likeness (QED) is 0.814. The van der Waals surface area contributed by atoms with Gasteiger partial charge in [-0.3, -0.25) is 14.4 Å². The molecule has 2 unspecified atom stereocenters. The number of piperazine rings is 2. The van der Waals surface area contributed by atoms with Crippen LogP contribution in [-0.2, 0) is 20.8 Å². The predicted octanol–water partition coefficient (Wildman–Crippen LogP) is 1.05. The molecule has 0 radical (unpaired) electrons. The van der Waals surface area contributed by atoms with E-state index in [0.29, 0.717) is 26.1 Å². The lowest BCUT2D eigenvalue weighted by atomic mass is 9.88. The molecular formula is C21H27N3O4. The molecule has 1 aliphatic carbocycles. The Morgan fingerprint density at radius 3 is 2.50 bits per heavy atom. The molecular weight excluding hydrogens is 358 g/mol. The van der Waals surface area contributed by atoms with E-state index in [4.69, 9.17) is 0 Å². The van der Waals surface area contributed by atoms with E-state index < -0.39 is 12.1 Å². The average molecular weight is 385 g/mol. The molecule has 3 aliphatic rings. The summed E-state index contributed by atoms with van der Waals surface area (Å²) in [6.45, 7) is 1.19. The fraction of sp³-hybridized carbons (Fsp3) is 0.571. The van der Waals surface area contributed by atoms with E-state index in [1.165, 1.54) is 6.42 Å². The van der Waals surface area contributed by atoms with Gasteiger partial charge in [-0.1, -0.05) is 31.4 Å². The summed E-state index contributed by atoms with van der Waals surface area (Å²) >= 11 is 0. The fourth-order valence-electron chi connectivity index (χ4n) is 4.61. The molecule has 3 fully saturated rings. The Kier molecular flexibility index (Phi) is 5.24. The number of phenols is 1. The number of amides is 3. The third kappa shape index (κ3) is 3.70. The monoisotopic (exact) mass is 385 g/mol. The summed E-state index contributed by atoms with van der Waals surface area (Å²) in [4.78, 5) is 41.8. The summed E-state index contributed by atoms with van der Waals surface area (Å²) in [5, 5.41) is 12.2. The Morgan fingerprint density at radius 1 is 1.07 bits per heavy atom. The molecule has 7 nitrogen and oxygen atoms in total. The number of nitrogens with one attached hydrogen (secondary N) is 1. The van der Waals surface area contributed by atoms with Gasteiger partial charge >= 0.3 is 0 Å². The number of benzene rings is 1. The fourth-order valence-corrected chi connectivity index (χ4v) is 4.61. The smallest absolute Gasteiger partial charge is 0.246 e. The molecule has 0 bridgehead atoms. The lowest BCUT2D eigenvalue weighted by molar-refractivity contribution is -0.156. The maximum absolute atomic E-state index is 12.9. The highest BCUT2D eigenvalue weighted by Gasteiger charge is 2.44. The number of phenolic OH excluding ortho intramolecular Hbond substituents is 1. The van der Waals surface area contributed by atoms with Crippen molar-refractivity contribution < 1.29 is 19.5 Å². The van der Waals surface area contributed by atoms with Crippen LogP contribution in [0, 0.1) is 5.92 Å². The van der Waals surface area contributed by atoms with Gasteiger partial charge in [0.15, 0.2) is 0 Å². The Hall–Kier alpha value is -2.57. The Balaban J connectivity index is 1.41. The van der Waals surface area contributed by atoms with Gasteiger partial charge in [0.25, 0.3) is 0 Å². The first-order valence-electron chi connectivity index (χ1n) is 10.2. The topological polar surface area (TPSA) is 89.9 Å². The highest BCUT2D eigenvalue weighted by atomic mass is 16.3. The normalized spacial score (nSPS) is 26.0. The summed E-state index contributed by atoms with van der Waals surface area (Å²) in [6.07, 6.45) is 5.64. The molecule has 1 aromatic carbocycles. The van der Waals surface area contributed by atoms with Gasteiger partial charge in [-0.05, 0) is 30.5 Å². The molecule has 2 atom stereocenters. The van der Waals surface area contributed by atoms with Crippen LogP contribution in [-0.4, -0.2) is 64.3 Å². The van der Waals surface area contributed by atoms with Crippen molar-refractivity contribution in [3.8, 4) is 5.75 Å². The van der Waals surface area contributed by atoms with Crippen molar-refractivity contribution in [2.45, 2.75) is 50.6 Å². The van der Waals surface area contributed by atoms with Crippen LogP contribution in [0.2, 0.25) is 0 Å². The summed E-state index contributed by atoms with van der Waals surface area (Å²) in [6, 6.07) is 5.45.